The van der Waals surface area contributed by atoms with E-state index >= 15 is 0 Å². The number of piperidine rings is 1. The molecule has 0 aromatic heterocycles. The van der Waals surface area contributed by atoms with E-state index < -0.39 is 5.97 Å². The average molecular weight is 370 g/mol. The second kappa shape index (κ2) is 9.39. The monoisotopic (exact) mass is 370 g/mol. The van der Waals surface area contributed by atoms with Crippen molar-refractivity contribution < 1.29 is 19.4 Å². The standard InChI is InChI=1S/C21H26N2O4/c1-26-19-10-9-17(27-14-20(24)25)12-16(19)13-23-18-8-5-11-22-21(18)15-6-3-2-4-7-15/h2-4,6-7,9-10,12,18,21-23H,5,8,11,13-14H2,1H3,(H,24,25)/t18-,21-/m0/s1. The third-order valence-corrected chi connectivity index (χ3v) is 4.79. The van der Waals surface area contributed by atoms with E-state index in [-0.39, 0.29) is 12.6 Å². The zero-order valence-electron chi connectivity index (χ0n) is 15.5. The van der Waals surface area contributed by atoms with Gasteiger partial charge in [-0.15, -0.1) is 0 Å². The average Bonchev–Trinajstić information content (AvgIpc) is 2.71. The van der Waals surface area contributed by atoms with Crippen LogP contribution in [-0.2, 0) is 11.3 Å². The van der Waals surface area contributed by atoms with Gasteiger partial charge in [0.15, 0.2) is 6.61 Å². The number of aliphatic carboxylic acids is 1. The van der Waals surface area contributed by atoms with Crippen LogP contribution in [0.25, 0.3) is 0 Å². The number of carboxylic acid groups (broad SMARTS) is 1. The van der Waals surface area contributed by atoms with Crippen molar-refractivity contribution in [2.24, 2.45) is 0 Å². The molecule has 2 aromatic rings. The van der Waals surface area contributed by atoms with Crippen LogP contribution in [0.3, 0.4) is 0 Å². The lowest BCUT2D eigenvalue weighted by Crippen LogP contribution is -2.45. The summed E-state index contributed by atoms with van der Waals surface area (Å²) in [4.78, 5) is 10.7. The highest BCUT2D eigenvalue weighted by molar-refractivity contribution is 5.68. The van der Waals surface area contributed by atoms with Gasteiger partial charge in [-0.2, -0.15) is 0 Å². The summed E-state index contributed by atoms with van der Waals surface area (Å²) in [6.07, 6.45) is 2.21. The largest absolute Gasteiger partial charge is 0.496 e. The van der Waals surface area contributed by atoms with Crippen molar-refractivity contribution in [1.82, 2.24) is 10.6 Å². The van der Waals surface area contributed by atoms with Crippen molar-refractivity contribution in [2.75, 3.05) is 20.3 Å². The maximum atomic E-state index is 10.7. The highest BCUT2D eigenvalue weighted by Gasteiger charge is 2.25. The summed E-state index contributed by atoms with van der Waals surface area (Å²) in [6.45, 7) is 1.27. The molecular formula is C21H26N2O4. The van der Waals surface area contributed by atoms with E-state index in [1.165, 1.54) is 5.56 Å². The van der Waals surface area contributed by atoms with Crippen LogP contribution in [0.4, 0.5) is 0 Å². The molecule has 1 fully saturated rings. The number of benzene rings is 2. The van der Waals surface area contributed by atoms with Gasteiger partial charge in [0.25, 0.3) is 0 Å². The lowest BCUT2D eigenvalue weighted by Gasteiger charge is -2.34. The van der Waals surface area contributed by atoms with Crippen molar-refractivity contribution >= 4 is 5.97 Å². The van der Waals surface area contributed by atoms with Crippen molar-refractivity contribution in [3.05, 3.63) is 59.7 Å². The number of nitrogens with one attached hydrogen (secondary N) is 2. The van der Waals surface area contributed by atoms with Crippen molar-refractivity contribution in [2.45, 2.75) is 31.5 Å². The van der Waals surface area contributed by atoms with E-state index in [1.54, 1.807) is 13.2 Å². The molecule has 0 amide bonds. The Morgan fingerprint density at radius 1 is 1.26 bits per heavy atom. The van der Waals surface area contributed by atoms with Crippen LogP contribution in [0.1, 0.15) is 30.0 Å². The zero-order valence-corrected chi connectivity index (χ0v) is 15.5. The predicted molar refractivity (Wildman–Crippen MR) is 103 cm³/mol. The highest BCUT2D eigenvalue weighted by atomic mass is 16.5. The van der Waals surface area contributed by atoms with E-state index in [0.29, 0.717) is 18.3 Å². The molecule has 6 heteroatoms. The number of carboxylic acids is 1. The lowest BCUT2D eigenvalue weighted by atomic mass is 9.92. The predicted octanol–water partition coefficient (Wildman–Crippen LogP) is 2.74. The third kappa shape index (κ3) is 5.21. The molecule has 6 nitrogen and oxygen atoms in total. The number of carbonyl (C=O) groups is 1. The molecule has 3 rings (SSSR count). The summed E-state index contributed by atoms with van der Waals surface area (Å²) >= 11 is 0. The molecule has 144 valence electrons. The van der Waals surface area contributed by atoms with Gasteiger partial charge < -0.3 is 25.2 Å². The van der Waals surface area contributed by atoms with Gasteiger partial charge in [-0.1, -0.05) is 30.3 Å². The topological polar surface area (TPSA) is 79.8 Å². The van der Waals surface area contributed by atoms with Crippen molar-refractivity contribution in [1.29, 1.82) is 0 Å². The van der Waals surface area contributed by atoms with E-state index in [2.05, 4.69) is 34.9 Å². The minimum Gasteiger partial charge on any atom is -0.496 e. The first-order chi connectivity index (χ1) is 13.2. The molecule has 2 atom stereocenters. The summed E-state index contributed by atoms with van der Waals surface area (Å²) in [5.74, 6) is 0.283. The number of methoxy groups -OCH3 is 1. The van der Waals surface area contributed by atoms with Crippen LogP contribution in [0.2, 0.25) is 0 Å². The fraction of sp³-hybridized carbons (Fsp3) is 0.381. The number of hydrogen-bond acceptors (Lipinski definition) is 5. The summed E-state index contributed by atoms with van der Waals surface area (Å²) in [7, 11) is 1.63. The minimum atomic E-state index is -0.996. The molecule has 1 saturated heterocycles. The molecule has 0 unspecified atom stereocenters. The number of ether oxygens (including phenoxy) is 2. The van der Waals surface area contributed by atoms with Crippen LogP contribution in [0, 0.1) is 0 Å². The Labute approximate surface area is 159 Å². The molecule has 0 radical (unpaired) electrons. The summed E-state index contributed by atoms with van der Waals surface area (Å²) in [5, 5.41) is 16.0. The first-order valence-electron chi connectivity index (χ1n) is 9.20. The zero-order chi connectivity index (χ0) is 19.1. The fourth-order valence-corrected chi connectivity index (χ4v) is 3.49. The molecule has 1 aliphatic heterocycles. The first kappa shape index (κ1) is 19.2. The second-order valence-electron chi connectivity index (χ2n) is 6.63. The Morgan fingerprint density at radius 2 is 2.07 bits per heavy atom. The molecule has 3 N–H and O–H groups in total. The van der Waals surface area contributed by atoms with E-state index in [4.69, 9.17) is 14.6 Å². The Balaban J connectivity index is 1.70. The number of hydrogen-bond donors (Lipinski definition) is 3. The van der Waals surface area contributed by atoms with Crippen molar-refractivity contribution in [3.8, 4) is 11.5 Å². The molecule has 1 heterocycles. The molecular weight excluding hydrogens is 344 g/mol. The maximum absolute atomic E-state index is 10.7. The van der Waals surface area contributed by atoms with Gasteiger partial charge in [0.05, 0.1) is 7.11 Å². The molecule has 0 spiro atoms. The van der Waals surface area contributed by atoms with Gasteiger partial charge in [0, 0.05) is 24.2 Å². The Bertz CT molecular complexity index is 751. The molecule has 0 aliphatic carbocycles. The molecule has 1 aliphatic rings. The Morgan fingerprint density at radius 3 is 2.81 bits per heavy atom. The first-order valence-corrected chi connectivity index (χ1v) is 9.20. The maximum Gasteiger partial charge on any atom is 0.341 e. The Kier molecular flexibility index (Phi) is 6.68. The van der Waals surface area contributed by atoms with Crippen LogP contribution in [-0.4, -0.2) is 37.4 Å². The van der Waals surface area contributed by atoms with E-state index in [1.807, 2.05) is 18.2 Å². The van der Waals surface area contributed by atoms with Crippen LogP contribution in [0.5, 0.6) is 11.5 Å². The lowest BCUT2D eigenvalue weighted by molar-refractivity contribution is -0.139. The Hall–Kier alpha value is -2.57. The normalized spacial score (nSPS) is 19.4. The molecule has 2 aromatic carbocycles. The van der Waals surface area contributed by atoms with Crippen LogP contribution in [0.15, 0.2) is 48.5 Å². The van der Waals surface area contributed by atoms with Crippen molar-refractivity contribution in [3.63, 3.8) is 0 Å². The van der Waals surface area contributed by atoms with Gasteiger partial charge in [-0.3, -0.25) is 0 Å². The minimum absolute atomic E-state index is 0.261. The summed E-state index contributed by atoms with van der Waals surface area (Å²) in [5.41, 5.74) is 2.22. The smallest absolute Gasteiger partial charge is 0.341 e. The van der Waals surface area contributed by atoms with Gasteiger partial charge in [-0.25, -0.2) is 4.79 Å². The van der Waals surface area contributed by atoms with Gasteiger partial charge in [0.2, 0.25) is 0 Å². The van der Waals surface area contributed by atoms with Gasteiger partial charge >= 0.3 is 5.97 Å². The van der Waals surface area contributed by atoms with Crippen LogP contribution < -0.4 is 20.1 Å². The fourth-order valence-electron chi connectivity index (χ4n) is 3.49. The molecule has 0 saturated carbocycles. The molecule has 27 heavy (non-hydrogen) atoms. The quantitative estimate of drug-likeness (QED) is 0.663. The van der Waals surface area contributed by atoms with Gasteiger partial charge in [0.1, 0.15) is 11.5 Å². The third-order valence-electron chi connectivity index (χ3n) is 4.79. The highest BCUT2D eigenvalue weighted by Crippen LogP contribution is 2.27. The summed E-state index contributed by atoms with van der Waals surface area (Å²) < 4.78 is 10.7. The van der Waals surface area contributed by atoms with Crippen LogP contribution >= 0.6 is 0 Å². The van der Waals surface area contributed by atoms with E-state index in [0.717, 1.165) is 30.7 Å². The SMILES string of the molecule is COc1ccc(OCC(=O)O)cc1CN[C@H]1CCCN[C@H]1c1ccccc1. The second-order valence-corrected chi connectivity index (χ2v) is 6.63. The number of rotatable bonds is 8. The summed E-state index contributed by atoms with van der Waals surface area (Å²) in [6, 6.07) is 16.4. The van der Waals surface area contributed by atoms with Gasteiger partial charge in [-0.05, 0) is 43.1 Å². The van der Waals surface area contributed by atoms with E-state index in [9.17, 15) is 4.79 Å². The molecule has 0 bridgehead atoms.